The first-order chi connectivity index (χ1) is 10.3. The summed E-state index contributed by atoms with van der Waals surface area (Å²) in [4.78, 5) is 2.39. The highest BCUT2D eigenvalue weighted by atomic mass is 35.5. The van der Waals surface area contributed by atoms with Crippen molar-refractivity contribution in [3.63, 3.8) is 0 Å². The number of hydrogen-bond acceptors (Lipinski definition) is 3. The molecule has 1 saturated heterocycles. The van der Waals surface area contributed by atoms with Crippen molar-refractivity contribution in [1.82, 2.24) is 0 Å². The zero-order valence-electron chi connectivity index (χ0n) is 11.6. The van der Waals surface area contributed by atoms with Crippen molar-refractivity contribution < 1.29 is 0 Å². The van der Waals surface area contributed by atoms with Crippen molar-refractivity contribution in [2.24, 2.45) is 0 Å². The maximum atomic E-state index is 9.14. The molecule has 0 amide bonds. The van der Waals surface area contributed by atoms with Crippen LogP contribution in [0.3, 0.4) is 0 Å². The quantitative estimate of drug-likeness (QED) is 0.903. The fraction of sp³-hybridized carbons (Fsp3) is 0.235. The van der Waals surface area contributed by atoms with Crippen molar-refractivity contribution in [2.45, 2.75) is 12.8 Å². The fourth-order valence-corrected chi connectivity index (χ4v) is 2.78. The van der Waals surface area contributed by atoms with Gasteiger partial charge in [0.25, 0.3) is 0 Å². The van der Waals surface area contributed by atoms with E-state index in [1.807, 2.05) is 12.1 Å². The van der Waals surface area contributed by atoms with Crippen LogP contribution in [0.2, 0.25) is 5.02 Å². The Balaban J connectivity index is 1.79. The lowest BCUT2D eigenvalue weighted by atomic mass is 10.2. The molecule has 0 atom stereocenters. The molecule has 1 heterocycles. The van der Waals surface area contributed by atoms with Gasteiger partial charge in [0, 0.05) is 29.5 Å². The Labute approximate surface area is 129 Å². The number of nitrogens with one attached hydrogen (secondary N) is 1. The molecule has 3 rings (SSSR count). The summed E-state index contributed by atoms with van der Waals surface area (Å²) in [7, 11) is 0. The maximum absolute atomic E-state index is 9.14. The molecule has 1 aliphatic heterocycles. The lowest BCUT2D eigenvalue weighted by molar-refractivity contribution is 0.949. The summed E-state index contributed by atoms with van der Waals surface area (Å²) < 4.78 is 0. The number of benzene rings is 2. The lowest BCUT2D eigenvalue weighted by Crippen LogP contribution is -2.17. The van der Waals surface area contributed by atoms with Gasteiger partial charge in [0.15, 0.2) is 0 Å². The Morgan fingerprint density at radius 3 is 2.43 bits per heavy atom. The van der Waals surface area contributed by atoms with Crippen LogP contribution < -0.4 is 10.2 Å². The van der Waals surface area contributed by atoms with Crippen molar-refractivity contribution in [1.29, 1.82) is 5.26 Å². The molecular weight excluding hydrogens is 282 g/mol. The van der Waals surface area contributed by atoms with Crippen molar-refractivity contribution in [3.8, 4) is 6.07 Å². The van der Waals surface area contributed by atoms with E-state index in [-0.39, 0.29) is 0 Å². The molecule has 0 saturated carbocycles. The summed E-state index contributed by atoms with van der Waals surface area (Å²) in [5.74, 6) is 0. The van der Waals surface area contributed by atoms with Crippen LogP contribution in [0.4, 0.5) is 17.1 Å². The van der Waals surface area contributed by atoms with Crippen LogP contribution in [0.15, 0.2) is 42.5 Å². The number of anilines is 3. The molecule has 21 heavy (non-hydrogen) atoms. The first-order valence-corrected chi connectivity index (χ1v) is 7.46. The molecule has 0 unspecified atom stereocenters. The van der Waals surface area contributed by atoms with E-state index < -0.39 is 0 Å². The third kappa shape index (κ3) is 3.12. The average Bonchev–Trinajstić information content (AvgIpc) is 3.03. The predicted octanol–water partition coefficient (Wildman–Crippen LogP) is 4.56. The van der Waals surface area contributed by atoms with Gasteiger partial charge in [0.2, 0.25) is 0 Å². The van der Waals surface area contributed by atoms with Gasteiger partial charge in [-0.25, -0.2) is 0 Å². The lowest BCUT2D eigenvalue weighted by Gasteiger charge is -2.18. The predicted molar refractivity (Wildman–Crippen MR) is 87.3 cm³/mol. The monoisotopic (exact) mass is 297 g/mol. The zero-order valence-corrected chi connectivity index (χ0v) is 12.4. The highest BCUT2D eigenvalue weighted by Gasteiger charge is 2.12. The Morgan fingerprint density at radius 1 is 1.05 bits per heavy atom. The van der Waals surface area contributed by atoms with Gasteiger partial charge in [-0.1, -0.05) is 11.6 Å². The molecule has 0 radical (unpaired) electrons. The summed E-state index contributed by atoms with van der Waals surface area (Å²) in [6, 6.07) is 15.7. The van der Waals surface area contributed by atoms with E-state index in [1.54, 1.807) is 18.2 Å². The first-order valence-electron chi connectivity index (χ1n) is 7.08. The van der Waals surface area contributed by atoms with Crippen LogP contribution in [-0.4, -0.2) is 13.1 Å². The van der Waals surface area contributed by atoms with E-state index in [0.717, 1.165) is 24.5 Å². The Kier molecular flexibility index (Phi) is 3.98. The minimum absolute atomic E-state index is 0.586. The molecule has 2 aromatic rings. The van der Waals surface area contributed by atoms with Gasteiger partial charge < -0.3 is 10.2 Å². The Morgan fingerprint density at radius 2 is 1.76 bits per heavy atom. The summed E-state index contributed by atoms with van der Waals surface area (Å²) in [5.41, 5.74) is 3.53. The fourth-order valence-electron chi connectivity index (χ4n) is 2.60. The third-order valence-electron chi connectivity index (χ3n) is 3.72. The summed E-state index contributed by atoms with van der Waals surface area (Å²) >= 11 is 6.00. The third-order valence-corrected chi connectivity index (χ3v) is 3.95. The minimum Gasteiger partial charge on any atom is -0.372 e. The average molecular weight is 298 g/mol. The number of rotatable bonds is 3. The normalized spacial score (nSPS) is 14.0. The zero-order chi connectivity index (χ0) is 14.7. The molecule has 0 spiro atoms. The second-order valence-electron chi connectivity index (χ2n) is 5.17. The Bertz CT molecular complexity index is 667. The van der Waals surface area contributed by atoms with Crippen LogP contribution in [0.5, 0.6) is 0 Å². The van der Waals surface area contributed by atoms with Gasteiger partial charge in [0.05, 0.1) is 11.3 Å². The SMILES string of the molecule is N#Cc1ccc(Cl)cc1Nc1ccc(N2CCCC2)cc1. The van der Waals surface area contributed by atoms with Gasteiger partial charge in [-0.3, -0.25) is 0 Å². The van der Waals surface area contributed by atoms with E-state index in [2.05, 4.69) is 28.4 Å². The van der Waals surface area contributed by atoms with E-state index in [1.165, 1.54) is 18.5 Å². The number of hydrogen-bond donors (Lipinski definition) is 1. The highest BCUT2D eigenvalue weighted by molar-refractivity contribution is 6.30. The largest absolute Gasteiger partial charge is 0.372 e. The Hall–Kier alpha value is -2.18. The molecule has 4 heteroatoms. The van der Waals surface area contributed by atoms with Gasteiger partial charge in [-0.15, -0.1) is 0 Å². The van der Waals surface area contributed by atoms with E-state index >= 15 is 0 Å². The smallest absolute Gasteiger partial charge is 0.101 e. The summed E-state index contributed by atoms with van der Waals surface area (Å²) in [6.07, 6.45) is 2.54. The second-order valence-corrected chi connectivity index (χ2v) is 5.60. The summed E-state index contributed by atoms with van der Waals surface area (Å²) in [5, 5.41) is 13.0. The number of nitriles is 1. The van der Waals surface area contributed by atoms with Crippen LogP contribution >= 0.6 is 11.6 Å². The van der Waals surface area contributed by atoms with E-state index in [4.69, 9.17) is 16.9 Å². The van der Waals surface area contributed by atoms with Gasteiger partial charge >= 0.3 is 0 Å². The molecular formula is C17H16ClN3. The molecule has 3 nitrogen and oxygen atoms in total. The highest BCUT2D eigenvalue weighted by Crippen LogP contribution is 2.27. The number of halogens is 1. The number of nitrogens with zero attached hydrogens (tertiary/aromatic N) is 2. The molecule has 0 aliphatic carbocycles. The van der Waals surface area contributed by atoms with Gasteiger partial charge in [0.1, 0.15) is 6.07 Å². The topological polar surface area (TPSA) is 39.1 Å². The second kappa shape index (κ2) is 6.07. The molecule has 1 N–H and O–H groups in total. The molecule has 106 valence electrons. The summed E-state index contributed by atoms with van der Waals surface area (Å²) in [6.45, 7) is 2.28. The van der Waals surface area contributed by atoms with Crippen molar-refractivity contribution in [2.75, 3.05) is 23.3 Å². The molecule has 1 aliphatic rings. The van der Waals surface area contributed by atoms with Crippen LogP contribution in [0.25, 0.3) is 0 Å². The van der Waals surface area contributed by atoms with Crippen LogP contribution in [-0.2, 0) is 0 Å². The van der Waals surface area contributed by atoms with Crippen molar-refractivity contribution in [3.05, 3.63) is 53.1 Å². The maximum Gasteiger partial charge on any atom is 0.101 e. The van der Waals surface area contributed by atoms with Gasteiger partial charge in [-0.2, -0.15) is 5.26 Å². The molecule has 2 aromatic carbocycles. The van der Waals surface area contributed by atoms with Crippen LogP contribution in [0, 0.1) is 11.3 Å². The molecule has 0 aromatic heterocycles. The standard InChI is InChI=1S/C17H16ClN3/c18-14-4-3-13(12-19)17(11-14)20-15-5-7-16(8-6-15)21-9-1-2-10-21/h3-8,11,20H,1-2,9-10H2. The minimum atomic E-state index is 0.586. The first kappa shape index (κ1) is 13.8. The van der Waals surface area contributed by atoms with E-state index in [0.29, 0.717) is 10.6 Å². The van der Waals surface area contributed by atoms with E-state index in [9.17, 15) is 0 Å². The van der Waals surface area contributed by atoms with Gasteiger partial charge in [-0.05, 0) is 55.3 Å². The molecule has 1 fully saturated rings. The van der Waals surface area contributed by atoms with Crippen LogP contribution in [0.1, 0.15) is 18.4 Å². The molecule has 0 bridgehead atoms. The van der Waals surface area contributed by atoms with Crippen molar-refractivity contribution >= 4 is 28.7 Å².